The number of rotatable bonds is 3. The first-order valence-corrected chi connectivity index (χ1v) is 6.58. The van der Waals surface area contributed by atoms with Gasteiger partial charge in [0.05, 0.1) is 17.5 Å². The van der Waals surface area contributed by atoms with Gasteiger partial charge in [0.25, 0.3) is 0 Å². The summed E-state index contributed by atoms with van der Waals surface area (Å²) in [5, 5.41) is 8.85. The van der Waals surface area contributed by atoms with Crippen LogP contribution >= 0.6 is 0 Å². The fourth-order valence-corrected chi connectivity index (χ4v) is 2.18. The highest BCUT2D eigenvalue weighted by Crippen LogP contribution is 2.36. The van der Waals surface area contributed by atoms with Crippen molar-refractivity contribution >= 4 is 5.97 Å². The maximum Gasteiger partial charge on any atom is 0.416 e. The van der Waals surface area contributed by atoms with E-state index in [4.69, 9.17) is 5.11 Å². The average Bonchev–Trinajstić information content (AvgIpc) is 2.45. The van der Waals surface area contributed by atoms with Crippen molar-refractivity contribution in [2.75, 3.05) is 0 Å². The Labute approximate surface area is 132 Å². The zero-order valence-electron chi connectivity index (χ0n) is 11.9. The normalized spacial score (nSPS) is 12.2. The molecule has 0 amide bonds. The van der Waals surface area contributed by atoms with Gasteiger partial charge < -0.3 is 5.11 Å². The van der Waals surface area contributed by atoms with Crippen LogP contribution < -0.4 is 0 Å². The van der Waals surface area contributed by atoms with Crippen molar-refractivity contribution in [1.29, 1.82) is 0 Å². The van der Waals surface area contributed by atoms with E-state index in [1.807, 2.05) is 0 Å². The number of hydrogen-bond donors (Lipinski definition) is 1. The lowest BCUT2D eigenvalue weighted by Gasteiger charge is -2.14. The van der Waals surface area contributed by atoms with E-state index in [2.05, 4.69) is 0 Å². The van der Waals surface area contributed by atoms with Gasteiger partial charge in [0.2, 0.25) is 0 Å². The molecule has 2 rings (SSSR count). The Morgan fingerprint density at radius 1 is 0.833 bits per heavy atom. The highest BCUT2D eigenvalue weighted by Gasteiger charge is 2.32. The molecule has 0 aliphatic carbocycles. The molecule has 0 fully saturated rings. The number of benzene rings is 2. The van der Waals surface area contributed by atoms with Crippen molar-refractivity contribution in [2.45, 2.75) is 18.8 Å². The fourth-order valence-electron chi connectivity index (χ4n) is 2.18. The molecule has 0 atom stereocenters. The first kappa shape index (κ1) is 17.8. The molecule has 0 aliphatic rings. The molecule has 128 valence electrons. The third-order valence-electron chi connectivity index (χ3n) is 3.30. The molecule has 24 heavy (non-hydrogen) atoms. The molecule has 0 radical (unpaired) electrons. The SMILES string of the molecule is O=C(O)Cc1ccc(C(F)(F)F)cc1-c1ccc(C(F)(F)F)cc1. The molecule has 0 aliphatic heterocycles. The molecule has 0 heterocycles. The summed E-state index contributed by atoms with van der Waals surface area (Å²) < 4.78 is 76.2. The number of carboxylic acids is 1. The minimum Gasteiger partial charge on any atom is -0.481 e. The summed E-state index contributed by atoms with van der Waals surface area (Å²) in [7, 11) is 0. The minimum atomic E-state index is -4.65. The van der Waals surface area contributed by atoms with Gasteiger partial charge in [-0.05, 0) is 41.0 Å². The Morgan fingerprint density at radius 2 is 1.33 bits per heavy atom. The first-order valence-electron chi connectivity index (χ1n) is 6.58. The van der Waals surface area contributed by atoms with E-state index in [1.54, 1.807) is 0 Å². The smallest absolute Gasteiger partial charge is 0.416 e. The summed E-state index contributed by atoms with van der Waals surface area (Å²) >= 11 is 0. The highest BCUT2D eigenvalue weighted by atomic mass is 19.4. The van der Waals surface area contributed by atoms with Crippen molar-refractivity contribution in [3.05, 3.63) is 59.2 Å². The van der Waals surface area contributed by atoms with Crippen LogP contribution in [-0.4, -0.2) is 11.1 Å². The first-order chi connectivity index (χ1) is 11.0. The highest BCUT2D eigenvalue weighted by molar-refractivity contribution is 5.77. The Hall–Kier alpha value is -2.51. The molecule has 8 heteroatoms. The van der Waals surface area contributed by atoms with Crippen LogP contribution in [0, 0.1) is 0 Å². The minimum absolute atomic E-state index is 0.0686. The van der Waals surface area contributed by atoms with E-state index >= 15 is 0 Å². The van der Waals surface area contributed by atoms with E-state index in [1.165, 1.54) is 0 Å². The van der Waals surface area contributed by atoms with E-state index < -0.39 is 35.9 Å². The maximum atomic E-state index is 12.8. The largest absolute Gasteiger partial charge is 0.481 e. The lowest BCUT2D eigenvalue weighted by Crippen LogP contribution is -2.08. The van der Waals surface area contributed by atoms with Gasteiger partial charge in [0.1, 0.15) is 0 Å². The number of halogens is 6. The standard InChI is InChI=1S/C16H10F6O2/c17-15(18,19)11-4-1-9(2-5-11)13-8-12(16(20,21)22)6-3-10(13)7-14(23)24/h1-6,8H,7H2,(H,23,24). The van der Waals surface area contributed by atoms with Gasteiger partial charge in [-0.3, -0.25) is 4.79 Å². The number of hydrogen-bond acceptors (Lipinski definition) is 1. The van der Waals surface area contributed by atoms with Gasteiger partial charge in [-0.1, -0.05) is 18.2 Å². The second kappa shape index (κ2) is 6.18. The van der Waals surface area contributed by atoms with Crippen molar-refractivity contribution < 1.29 is 36.2 Å². The molecule has 0 aromatic heterocycles. The van der Waals surface area contributed by atoms with Crippen molar-refractivity contribution in [1.82, 2.24) is 0 Å². The molecule has 2 nitrogen and oxygen atoms in total. The lowest BCUT2D eigenvalue weighted by molar-refractivity contribution is -0.138. The predicted molar refractivity (Wildman–Crippen MR) is 73.2 cm³/mol. The lowest BCUT2D eigenvalue weighted by atomic mass is 9.94. The van der Waals surface area contributed by atoms with Gasteiger partial charge >= 0.3 is 18.3 Å². The Bertz CT molecular complexity index is 745. The average molecular weight is 348 g/mol. The quantitative estimate of drug-likeness (QED) is 0.791. The zero-order valence-corrected chi connectivity index (χ0v) is 11.9. The molecule has 2 aromatic carbocycles. The van der Waals surface area contributed by atoms with Crippen LogP contribution in [-0.2, 0) is 23.6 Å². The molecule has 2 aromatic rings. The molecular weight excluding hydrogens is 338 g/mol. The van der Waals surface area contributed by atoms with Crippen molar-refractivity contribution in [3.8, 4) is 11.1 Å². The van der Waals surface area contributed by atoms with Crippen LogP contribution in [0.15, 0.2) is 42.5 Å². The van der Waals surface area contributed by atoms with Gasteiger partial charge in [-0.25, -0.2) is 0 Å². The van der Waals surface area contributed by atoms with Gasteiger partial charge in [0, 0.05) is 0 Å². The van der Waals surface area contributed by atoms with E-state index in [-0.39, 0.29) is 16.7 Å². The van der Waals surface area contributed by atoms with Crippen LogP contribution in [0.5, 0.6) is 0 Å². The Morgan fingerprint density at radius 3 is 1.79 bits per heavy atom. The van der Waals surface area contributed by atoms with Crippen LogP contribution in [0.1, 0.15) is 16.7 Å². The Kier molecular flexibility index (Phi) is 4.59. The van der Waals surface area contributed by atoms with Crippen LogP contribution in [0.25, 0.3) is 11.1 Å². The fraction of sp³-hybridized carbons (Fsp3) is 0.188. The number of carboxylic acid groups (broad SMARTS) is 1. The maximum absolute atomic E-state index is 12.8. The molecule has 1 N–H and O–H groups in total. The summed E-state index contributed by atoms with van der Waals surface area (Å²) in [6.45, 7) is 0. The Balaban J connectivity index is 2.55. The molecule has 0 unspecified atom stereocenters. The topological polar surface area (TPSA) is 37.3 Å². The van der Waals surface area contributed by atoms with E-state index in [9.17, 15) is 31.1 Å². The summed E-state index contributed by atoms with van der Waals surface area (Å²) in [5.41, 5.74) is -1.87. The molecule has 0 saturated heterocycles. The summed E-state index contributed by atoms with van der Waals surface area (Å²) in [4.78, 5) is 10.8. The van der Waals surface area contributed by atoms with Gasteiger partial charge in [-0.15, -0.1) is 0 Å². The molecular formula is C16H10F6O2. The third-order valence-corrected chi connectivity index (χ3v) is 3.30. The van der Waals surface area contributed by atoms with Crippen LogP contribution in [0.3, 0.4) is 0 Å². The number of aliphatic carboxylic acids is 1. The number of carbonyl (C=O) groups is 1. The second-order valence-corrected chi connectivity index (χ2v) is 5.02. The van der Waals surface area contributed by atoms with Crippen LogP contribution in [0.2, 0.25) is 0 Å². The second-order valence-electron chi connectivity index (χ2n) is 5.02. The summed E-state index contributed by atoms with van der Waals surface area (Å²) in [5.74, 6) is -1.26. The summed E-state index contributed by atoms with van der Waals surface area (Å²) in [6, 6.07) is 6.00. The molecule has 0 bridgehead atoms. The van der Waals surface area contributed by atoms with Crippen molar-refractivity contribution in [3.63, 3.8) is 0 Å². The third kappa shape index (κ3) is 4.06. The van der Waals surface area contributed by atoms with Crippen molar-refractivity contribution in [2.24, 2.45) is 0 Å². The predicted octanol–water partition coefficient (Wildman–Crippen LogP) is 5.02. The molecule has 0 spiro atoms. The van der Waals surface area contributed by atoms with Gasteiger partial charge in [0.15, 0.2) is 0 Å². The number of alkyl halides is 6. The van der Waals surface area contributed by atoms with E-state index in [0.717, 1.165) is 42.5 Å². The summed E-state index contributed by atoms with van der Waals surface area (Å²) in [6.07, 6.45) is -9.77. The van der Waals surface area contributed by atoms with E-state index in [0.29, 0.717) is 0 Å². The monoisotopic (exact) mass is 348 g/mol. The molecule has 0 saturated carbocycles. The zero-order chi connectivity index (χ0) is 18.1. The van der Waals surface area contributed by atoms with Crippen LogP contribution in [0.4, 0.5) is 26.3 Å². The van der Waals surface area contributed by atoms with Gasteiger partial charge in [-0.2, -0.15) is 26.3 Å².